The molecule has 1 aliphatic carbocycles. The number of hydrogen-bond acceptors (Lipinski definition) is 6. The third kappa shape index (κ3) is 5.08. The number of likely N-dealkylation sites (tertiary alicyclic amines) is 1. The first-order chi connectivity index (χ1) is 16.8. The number of esters is 1. The number of nitriles is 1. The van der Waals surface area contributed by atoms with E-state index in [1.54, 1.807) is 17.9 Å². The Kier molecular flexibility index (Phi) is 6.82. The predicted octanol–water partition coefficient (Wildman–Crippen LogP) is 4.64. The highest BCUT2D eigenvalue weighted by molar-refractivity contribution is 5.89. The van der Waals surface area contributed by atoms with Gasteiger partial charge in [0.1, 0.15) is 5.60 Å². The molecule has 0 spiro atoms. The van der Waals surface area contributed by atoms with E-state index in [0.717, 1.165) is 35.0 Å². The Bertz CT molecular complexity index is 1210. The fourth-order valence-electron chi connectivity index (χ4n) is 5.62. The average molecular weight is 496 g/mol. The number of aliphatic hydroxyl groups is 1. The van der Waals surface area contributed by atoms with Crippen LogP contribution in [0.1, 0.15) is 83.5 Å². The first kappa shape index (κ1) is 26.0. The number of ether oxygens (including phenoxy) is 2. The molecule has 0 radical (unpaired) electrons. The molecule has 1 fully saturated rings. The highest BCUT2D eigenvalue weighted by Gasteiger charge is 2.47. The Labute approximate surface area is 212 Å². The Morgan fingerprint density at radius 1 is 1.31 bits per heavy atom. The monoisotopic (exact) mass is 495 g/mol. The van der Waals surface area contributed by atoms with E-state index in [1.165, 1.54) is 0 Å². The fourth-order valence-corrected chi connectivity index (χ4v) is 5.62. The van der Waals surface area contributed by atoms with Crippen molar-refractivity contribution in [3.8, 4) is 6.07 Å². The molecule has 1 aromatic carbocycles. The molecule has 2 heterocycles. The molecule has 36 heavy (non-hydrogen) atoms. The molecule has 2 aromatic rings. The number of carbonyl (C=O) groups is 2. The minimum atomic E-state index is -1.08. The van der Waals surface area contributed by atoms with Crippen molar-refractivity contribution in [2.24, 2.45) is 0 Å². The molecule has 1 aliphatic heterocycles. The van der Waals surface area contributed by atoms with Crippen molar-refractivity contribution in [3.63, 3.8) is 0 Å². The summed E-state index contributed by atoms with van der Waals surface area (Å²) in [7, 11) is 0. The van der Waals surface area contributed by atoms with E-state index in [1.807, 2.05) is 46.8 Å². The first-order valence-corrected chi connectivity index (χ1v) is 12.8. The normalized spacial score (nSPS) is 23.7. The molecule has 194 valence electrons. The van der Waals surface area contributed by atoms with Gasteiger partial charge in [-0.15, -0.1) is 0 Å². The average Bonchev–Trinajstić information content (AvgIpc) is 3.39. The molecule has 1 aromatic heterocycles. The summed E-state index contributed by atoms with van der Waals surface area (Å²) in [5.41, 5.74) is 1.95. The van der Waals surface area contributed by atoms with Gasteiger partial charge in [0.2, 0.25) is 0 Å². The second kappa shape index (κ2) is 9.44. The number of aromatic nitrogens is 1. The minimum Gasteiger partial charge on any atom is -0.463 e. The summed E-state index contributed by atoms with van der Waals surface area (Å²) in [4.78, 5) is 27.2. The van der Waals surface area contributed by atoms with Crippen LogP contribution >= 0.6 is 0 Å². The summed E-state index contributed by atoms with van der Waals surface area (Å²) in [6.45, 7) is 11.8. The molecule has 2 aliphatic rings. The molecule has 0 saturated carbocycles. The first-order valence-electron chi connectivity index (χ1n) is 12.8. The Morgan fingerprint density at radius 3 is 2.67 bits per heavy atom. The quantitative estimate of drug-likeness (QED) is 0.606. The smallest absolute Gasteiger partial charge is 0.410 e. The number of amides is 1. The van der Waals surface area contributed by atoms with Gasteiger partial charge < -0.3 is 24.0 Å². The Morgan fingerprint density at radius 2 is 2.03 bits per heavy atom. The Hall–Kier alpha value is -3.05. The van der Waals surface area contributed by atoms with Crippen molar-refractivity contribution >= 4 is 23.0 Å². The number of fused-ring (bicyclic) bond motifs is 3. The molecular formula is C28H37N3O5. The van der Waals surface area contributed by atoms with Gasteiger partial charge in [0, 0.05) is 29.7 Å². The van der Waals surface area contributed by atoms with Crippen LogP contribution in [0, 0.1) is 11.3 Å². The summed E-state index contributed by atoms with van der Waals surface area (Å²) in [5.74, 6) is -0.231. The van der Waals surface area contributed by atoms with Gasteiger partial charge in [0.15, 0.2) is 0 Å². The van der Waals surface area contributed by atoms with Gasteiger partial charge in [0.05, 0.1) is 35.8 Å². The van der Waals surface area contributed by atoms with Crippen LogP contribution in [0.4, 0.5) is 4.79 Å². The van der Waals surface area contributed by atoms with E-state index in [2.05, 4.69) is 10.6 Å². The molecule has 0 unspecified atom stereocenters. The number of rotatable bonds is 5. The molecule has 8 heteroatoms. The third-order valence-electron chi connectivity index (χ3n) is 7.20. The second-order valence-corrected chi connectivity index (χ2v) is 11.6. The van der Waals surface area contributed by atoms with Crippen molar-refractivity contribution in [2.45, 2.75) is 103 Å². The zero-order chi connectivity index (χ0) is 26.4. The van der Waals surface area contributed by atoms with E-state index in [4.69, 9.17) is 9.47 Å². The van der Waals surface area contributed by atoms with Crippen LogP contribution in [0.15, 0.2) is 18.2 Å². The van der Waals surface area contributed by atoms with Crippen molar-refractivity contribution < 1.29 is 24.2 Å². The topological polar surface area (TPSA) is 105 Å². The van der Waals surface area contributed by atoms with Gasteiger partial charge in [0.25, 0.3) is 0 Å². The SMILES string of the molecule is CC(C)OC(=O)C[C@@H]1CCc2c1c1cc(C#N)ccc1n2C[C@@H]1N(C(=O)OC(C)(C)C)CC[C@@]1(C)O. The summed E-state index contributed by atoms with van der Waals surface area (Å²) in [6.07, 6.45) is 1.72. The van der Waals surface area contributed by atoms with Gasteiger partial charge >= 0.3 is 12.1 Å². The summed E-state index contributed by atoms with van der Waals surface area (Å²) >= 11 is 0. The maximum atomic E-state index is 13.0. The van der Waals surface area contributed by atoms with Crippen LogP contribution in [0.5, 0.6) is 0 Å². The van der Waals surface area contributed by atoms with Crippen LogP contribution in [-0.2, 0) is 27.2 Å². The van der Waals surface area contributed by atoms with Gasteiger partial charge in [-0.1, -0.05) is 0 Å². The van der Waals surface area contributed by atoms with Gasteiger partial charge in [-0.2, -0.15) is 5.26 Å². The van der Waals surface area contributed by atoms with Gasteiger partial charge in [-0.3, -0.25) is 4.79 Å². The standard InChI is InChI=1S/C28H37N3O5/c1-17(2)35-24(32)14-19-8-10-22-25(19)20-13-18(15-29)7-9-21(20)31(22)16-23-28(6,34)11-12-30(23)26(33)36-27(3,4)5/h7,9,13,17,19,23,34H,8,10-12,14,16H2,1-6H3/t19-,23-,28+/m0/s1. The minimum absolute atomic E-state index is 0.00464. The van der Waals surface area contributed by atoms with Crippen molar-refractivity contribution in [1.29, 1.82) is 5.26 Å². The summed E-state index contributed by atoms with van der Waals surface area (Å²) in [5, 5.41) is 21.7. The van der Waals surface area contributed by atoms with Crippen LogP contribution in [0.2, 0.25) is 0 Å². The largest absolute Gasteiger partial charge is 0.463 e. The maximum absolute atomic E-state index is 13.0. The van der Waals surface area contributed by atoms with E-state index < -0.39 is 23.3 Å². The lowest BCUT2D eigenvalue weighted by Gasteiger charge is -2.34. The predicted molar refractivity (Wildman–Crippen MR) is 136 cm³/mol. The highest BCUT2D eigenvalue weighted by atomic mass is 16.6. The number of carbonyl (C=O) groups excluding carboxylic acids is 2. The zero-order valence-electron chi connectivity index (χ0n) is 22.1. The molecule has 8 nitrogen and oxygen atoms in total. The van der Waals surface area contributed by atoms with Crippen LogP contribution in [0.25, 0.3) is 10.9 Å². The van der Waals surface area contributed by atoms with E-state index >= 15 is 0 Å². The van der Waals surface area contributed by atoms with Crippen LogP contribution in [-0.4, -0.2) is 56.5 Å². The molecule has 1 amide bonds. The van der Waals surface area contributed by atoms with Crippen LogP contribution in [0.3, 0.4) is 0 Å². The van der Waals surface area contributed by atoms with Crippen molar-refractivity contribution in [1.82, 2.24) is 9.47 Å². The lowest BCUT2D eigenvalue weighted by molar-refractivity contribution is -0.147. The molecule has 3 atom stereocenters. The van der Waals surface area contributed by atoms with Crippen molar-refractivity contribution in [2.75, 3.05) is 6.54 Å². The number of benzene rings is 1. The molecular weight excluding hydrogens is 458 g/mol. The van der Waals surface area contributed by atoms with E-state index in [9.17, 15) is 20.0 Å². The summed E-state index contributed by atoms with van der Waals surface area (Å²) in [6, 6.07) is 7.34. The maximum Gasteiger partial charge on any atom is 0.410 e. The number of hydrogen-bond donors (Lipinski definition) is 1. The van der Waals surface area contributed by atoms with E-state index in [0.29, 0.717) is 25.1 Å². The van der Waals surface area contributed by atoms with E-state index in [-0.39, 0.29) is 24.4 Å². The number of nitrogens with zero attached hydrogens (tertiary/aromatic N) is 3. The summed E-state index contributed by atoms with van der Waals surface area (Å²) < 4.78 is 13.2. The lowest BCUT2D eigenvalue weighted by atomic mass is 9.96. The molecule has 1 saturated heterocycles. The zero-order valence-corrected chi connectivity index (χ0v) is 22.1. The van der Waals surface area contributed by atoms with Gasteiger partial charge in [-0.25, -0.2) is 4.79 Å². The van der Waals surface area contributed by atoms with Gasteiger partial charge in [-0.05, 0) is 90.5 Å². The molecule has 4 rings (SSSR count). The van der Waals surface area contributed by atoms with Crippen molar-refractivity contribution in [3.05, 3.63) is 35.0 Å². The highest BCUT2D eigenvalue weighted by Crippen LogP contribution is 2.44. The second-order valence-electron chi connectivity index (χ2n) is 11.6. The molecule has 1 N–H and O–H groups in total. The molecule has 0 bridgehead atoms. The third-order valence-corrected chi connectivity index (χ3v) is 7.20. The Balaban J connectivity index is 1.74. The fraction of sp³-hybridized carbons (Fsp3) is 0.607. The lowest BCUT2D eigenvalue weighted by Crippen LogP contribution is -2.49. The van der Waals surface area contributed by atoms with Crippen LogP contribution < -0.4 is 0 Å².